The van der Waals surface area contributed by atoms with Gasteiger partial charge in [-0.3, -0.25) is 0 Å². The maximum Gasteiger partial charge on any atom is 0.243 e. The third-order valence-electron chi connectivity index (χ3n) is 3.47. The van der Waals surface area contributed by atoms with Gasteiger partial charge in [0.05, 0.1) is 22.4 Å². The van der Waals surface area contributed by atoms with E-state index in [2.05, 4.69) is 0 Å². The van der Waals surface area contributed by atoms with Crippen LogP contribution in [0.4, 0.5) is 0 Å². The second kappa shape index (κ2) is 8.89. The molecule has 0 saturated carbocycles. The zero-order chi connectivity index (χ0) is 18.4. The van der Waals surface area contributed by atoms with Gasteiger partial charge in [0.25, 0.3) is 0 Å². The normalized spacial score (nSPS) is 11.7. The number of benzene rings is 1. The van der Waals surface area contributed by atoms with E-state index in [1.54, 1.807) is 18.2 Å². The number of rotatable bonds is 9. The second-order valence-electron chi connectivity index (χ2n) is 5.11. The fourth-order valence-corrected chi connectivity index (χ4v) is 4.95. The Kier molecular flexibility index (Phi) is 7.13. The summed E-state index contributed by atoms with van der Waals surface area (Å²) >= 11 is 7.32. The van der Waals surface area contributed by atoms with Gasteiger partial charge in [0, 0.05) is 24.0 Å². The molecule has 2 aromatic rings. The van der Waals surface area contributed by atoms with Crippen LogP contribution in [-0.4, -0.2) is 32.5 Å². The molecule has 2 rings (SSSR count). The molecule has 0 aliphatic heterocycles. The maximum atomic E-state index is 13.0. The Morgan fingerprint density at radius 2 is 1.72 bits per heavy atom. The predicted molar refractivity (Wildman–Crippen MR) is 101 cm³/mol. The van der Waals surface area contributed by atoms with E-state index in [9.17, 15) is 8.42 Å². The molecule has 0 saturated heterocycles. The van der Waals surface area contributed by atoms with E-state index in [4.69, 9.17) is 21.1 Å². The quantitative estimate of drug-likeness (QED) is 0.622. The van der Waals surface area contributed by atoms with E-state index in [1.165, 1.54) is 21.7 Å². The molecule has 0 N–H and O–H groups in total. The molecule has 0 radical (unpaired) electrons. The van der Waals surface area contributed by atoms with Crippen molar-refractivity contribution >= 4 is 33.0 Å². The monoisotopic (exact) mass is 403 g/mol. The summed E-state index contributed by atoms with van der Waals surface area (Å²) in [7, 11) is -3.65. The Labute approximate surface area is 158 Å². The number of sulfonamides is 1. The summed E-state index contributed by atoms with van der Waals surface area (Å²) in [6, 6.07) is 8.32. The van der Waals surface area contributed by atoms with Crippen molar-refractivity contribution in [3.63, 3.8) is 0 Å². The molecule has 25 heavy (non-hydrogen) atoms. The van der Waals surface area contributed by atoms with Crippen LogP contribution in [-0.2, 0) is 16.6 Å². The van der Waals surface area contributed by atoms with Crippen molar-refractivity contribution in [2.75, 3.05) is 19.8 Å². The lowest BCUT2D eigenvalue weighted by molar-refractivity contribution is 0.287. The fourth-order valence-electron chi connectivity index (χ4n) is 2.32. The number of hydrogen-bond donors (Lipinski definition) is 0. The molecular formula is C17H22ClNO4S2. The summed E-state index contributed by atoms with van der Waals surface area (Å²) in [4.78, 5) is 1.08. The lowest BCUT2D eigenvalue weighted by atomic mass is 10.3. The summed E-state index contributed by atoms with van der Waals surface area (Å²) in [6.45, 7) is 7.06. The molecule has 1 aromatic carbocycles. The minimum atomic E-state index is -3.65. The van der Waals surface area contributed by atoms with Crippen molar-refractivity contribution in [3.8, 4) is 11.5 Å². The largest absolute Gasteiger partial charge is 0.490 e. The van der Waals surface area contributed by atoms with Crippen LogP contribution in [0, 0.1) is 0 Å². The third kappa shape index (κ3) is 4.88. The smallest absolute Gasteiger partial charge is 0.243 e. The molecule has 1 aromatic heterocycles. The zero-order valence-corrected chi connectivity index (χ0v) is 16.9. The average molecular weight is 404 g/mol. The molecule has 5 nitrogen and oxygen atoms in total. The van der Waals surface area contributed by atoms with Crippen LogP contribution in [0.15, 0.2) is 35.2 Å². The van der Waals surface area contributed by atoms with Crippen LogP contribution in [0.3, 0.4) is 0 Å². The highest BCUT2D eigenvalue weighted by Crippen LogP contribution is 2.32. The van der Waals surface area contributed by atoms with Crippen molar-refractivity contribution in [1.29, 1.82) is 0 Å². The van der Waals surface area contributed by atoms with E-state index in [0.717, 1.165) is 4.88 Å². The van der Waals surface area contributed by atoms with Gasteiger partial charge in [-0.2, -0.15) is 4.31 Å². The molecule has 0 aliphatic carbocycles. The summed E-state index contributed by atoms with van der Waals surface area (Å²) in [5.74, 6) is 0.969. The Morgan fingerprint density at radius 1 is 1.04 bits per heavy atom. The Balaban J connectivity index is 2.34. The van der Waals surface area contributed by atoms with Crippen molar-refractivity contribution in [2.24, 2.45) is 0 Å². The highest BCUT2D eigenvalue weighted by atomic mass is 35.5. The number of nitrogens with zero attached hydrogens (tertiary/aromatic N) is 1. The summed E-state index contributed by atoms with van der Waals surface area (Å²) in [5, 5.41) is 0. The minimum absolute atomic E-state index is 0.184. The van der Waals surface area contributed by atoms with Crippen LogP contribution >= 0.6 is 22.9 Å². The highest BCUT2D eigenvalue weighted by Gasteiger charge is 2.25. The van der Waals surface area contributed by atoms with Gasteiger partial charge in [0.1, 0.15) is 0 Å². The average Bonchev–Trinajstić information content (AvgIpc) is 2.99. The van der Waals surface area contributed by atoms with E-state index in [0.29, 0.717) is 35.6 Å². The molecule has 0 unspecified atom stereocenters. The van der Waals surface area contributed by atoms with E-state index in [-0.39, 0.29) is 11.4 Å². The SMILES string of the molecule is CCOc1ccc(S(=O)(=O)N(CC)Cc2ccc(Cl)s2)cc1OCC. The lowest BCUT2D eigenvalue weighted by Crippen LogP contribution is -2.30. The minimum Gasteiger partial charge on any atom is -0.490 e. The standard InChI is InChI=1S/C17H22ClNO4S2/c1-4-19(12-13-7-10-17(18)24-13)25(20,21)14-8-9-15(22-5-2)16(11-14)23-6-3/h7-11H,4-6,12H2,1-3H3. The molecule has 0 bridgehead atoms. The lowest BCUT2D eigenvalue weighted by Gasteiger charge is -2.21. The van der Waals surface area contributed by atoms with Crippen molar-refractivity contribution in [1.82, 2.24) is 4.31 Å². The summed E-state index contributed by atoms with van der Waals surface area (Å²) in [5.41, 5.74) is 0. The first-order valence-corrected chi connectivity index (χ1v) is 10.7. The van der Waals surface area contributed by atoms with Crippen LogP contribution in [0.1, 0.15) is 25.6 Å². The van der Waals surface area contributed by atoms with Crippen molar-refractivity contribution in [3.05, 3.63) is 39.5 Å². The number of halogens is 1. The van der Waals surface area contributed by atoms with Gasteiger partial charge in [-0.15, -0.1) is 11.3 Å². The summed E-state index contributed by atoms with van der Waals surface area (Å²) < 4.78 is 39.1. The highest BCUT2D eigenvalue weighted by molar-refractivity contribution is 7.89. The molecule has 138 valence electrons. The maximum absolute atomic E-state index is 13.0. The van der Waals surface area contributed by atoms with Gasteiger partial charge < -0.3 is 9.47 Å². The van der Waals surface area contributed by atoms with Gasteiger partial charge >= 0.3 is 0 Å². The van der Waals surface area contributed by atoms with Crippen LogP contribution in [0.25, 0.3) is 0 Å². The molecule has 1 heterocycles. The molecule has 0 spiro atoms. The zero-order valence-electron chi connectivity index (χ0n) is 14.5. The Hall–Kier alpha value is -1.28. The first-order valence-electron chi connectivity index (χ1n) is 8.06. The summed E-state index contributed by atoms with van der Waals surface area (Å²) in [6.07, 6.45) is 0. The van der Waals surface area contributed by atoms with Crippen LogP contribution in [0.2, 0.25) is 4.34 Å². The molecule has 0 fully saturated rings. The van der Waals surface area contributed by atoms with E-state index in [1.807, 2.05) is 26.8 Å². The molecular weight excluding hydrogens is 382 g/mol. The first-order chi connectivity index (χ1) is 11.9. The molecule has 0 amide bonds. The van der Waals surface area contributed by atoms with Gasteiger partial charge in [0.15, 0.2) is 11.5 Å². The third-order valence-corrected chi connectivity index (χ3v) is 6.60. The van der Waals surface area contributed by atoms with Crippen LogP contribution < -0.4 is 9.47 Å². The molecule has 8 heteroatoms. The van der Waals surface area contributed by atoms with Gasteiger partial charge in [-0.1, -0.05) is 18.5 Å². The predicted octanol–water partition coefficient (Wildman–Crippen LogP) is 4.41. The fraction of sp³-hybridized carbons (Fsp3) is 0.412. The number of ether oxygens (including phenoxy) is 2. The topological polar surface area (TPSA) is 55.8 Å². The van der Waals surface area contributed by atoms with E-state index < -0.39 is 10.0 Å². The van der Waals surface area contributed by atoms with E-state index >= 15 is 0 Å². The van der Waals surface area contributed by atoms with Crippen LogP contribution in [0.5, 0.6) is 11.5 Å². The van der Waals surface area contributed by atoms with Gasteiger partial charge in [-0.05, 0) is 38.1 Å². The number of thiophene rings is 1. The Bertz CT molecular complexity index is 805. The van der Waals surface area contributed by atoms with Gasteiger partial charge in [-0.25, -0.2) is 8.42 Å². The first kappa shape index (κ1) is 20.0. The molecule has 0 atom stereocenters. The van der Waals surface area contributed by atoms with Gasteiger partial charge in [0.2, 0.25) is 10.0 Å². The van der Waals surface area contributed by atoms with Crippen molar-refractivity contribution in [2.45, 2.75) is 32.2 Å². The number of hydrogen-bond acceptors (Lipinski definition) is 5. The Morgan fingerprint density at radius 3 is 2.28 bits per heavy atom. The molecule has 0 aliphatic rings. The van der Waals surface area contributed by atoms with Crippen molar-refractivity contribution < 1.29 is 17.9 Å². The second-order valence-corrected chi connectivity index (χ2v) is 8.85.